The van der Waals surface area contributed by atoms with Crippen LogP contribution in [0, 0.1) is 118 Å². The second-order valence-electron chi connectivity index (χ2n) is 42.4. The molecule has 112 heavy (non-hydrogen) atoms. The Morgan fingerprint density at radius 3 is 0.554 bits per heavy atom. The molecule has 8 N–H and O–H groups in total. The molecule has 0 aromatic rings. The van der Waals surface area contributed by atoms with Crippen molar-refractivity contribution < 1.29 is 38.4 Å². The van der Waals surface area contributed by atoms with Gasteiger partial charge in [0, 0.05) is 74.0 Å². The molecule has 8 aliphatic carbocycles. The van der Waals surface area contributed by atoms with Crippen LogP contribution >= 0.6 is 0 Å². The van der Waals surface area contributed by atoms with E-state index in [2.05, 4.69) is 153 Å². The van der Waals surface area contributed by atoms with E-state index in [0.717, 1.165) is 205 Å². The van der Waals surface area contributed by atoms with Crippen molar-refractivity contribution in [2.24, 2.45) is 118 Å². The van der Waals surface area contributed by atoms with E-state index in [1.165, 1.54) is 51.4 Å². The molecule has 12 atom stereocenters. The Labute approximate surface area is 684 Å². The molecule has 8 aliphatic rings. The fraction of sp³-hybridized carbons (Fsp3) is 0.917. The first-order valence-electron chi connectivity index (χ1n) is 47.6. The molecule has 16 heteroatoms. The standard InChI is InChI=1S/2C48H86N4O4/c1-31(2)25-35-9-17-39(18-10-35)49-45(53)29-43(47(55)51-41-21-13-37(14-22-41)27-33(5)6)44(48(56)52-42-23-15-38(16-24-42)28-34(7)8)30-46(54)50-40-19-11-36(12-20-40)26-32(3)4;1-31(2)21-35-13-9-17-39(25-35)49-45(53)29-43(47(55)51-41-19-11-15-37(27-41)23-33(5)6)44(48(56)52-42-20-12-16-38(28-42)24-34(7)8)30-46(54)50-40-18-10-14-36(26-40)22-32(3)4/h2*31-44H,9-30H2,1-8H3,(H,49,53)(H,50,54)(H,51,55)(H,52,56). The summed E-state index contributed by atoms with van der Waals surface area (Å²) in [5.41, 5.74) is 0. The van der Waals surface area contributed by atoms with Gasteiger partial charge in [-0.3, -0.25) is 38.4 Å². The SMILES string of the molecule is CC(C)CC1CCC(NC(=O)CC(C(=O)NC2CCC(CC(C)C)CC2)C(CC(=O)NC2CCC(CC(C)C)CC2)C(=O)NC2CCC(CC(C)C)CC2)CC1.CC(C)CC1CCCC(NC(=O)CC(C(=O)NC2CCCC(CC(C)C)C2)C(CC(=O)NC2CCCC(CC(C)C)C2)C(=O)NC2CCCC(CC(C)C)C2)C1. The van der Waals surface area contributed by atoms with Crippen molar-refractivity contribution in [1.29, 1.82) is 0 Å². The lowest BCUT2D eigenvalue weighted by molar-refractivity contribution is -0.141. The Bertz CT molecular complexity index is 2590. The van der Waals surface area contributed by atoms with E-state index >= 15 is 0 Å². The van der Waals surface area contributed by atoms with Gasteiger partial charge < -0.3 is 42.5 Å². The summed E-state index contributed by atoms with van der Waals surface area (Å²) in [5, 5.41) is 26.6. The lowest BCUT2D eigenvalue weighted by Gasteiger charge is -2.35. The molecule has 0 radical (unpaired) electrons. The maximum atomic E-state index is 14.7. The summed E-state index contributed by atoms with van der Waals surface area (Å²) in [6.07, 6.45) is 41.9. The smallest absolute Gasteiger partial charge is 0.224 e. The van der Waals surface area contributed by atoms with Gasteiger partial charge in [-0.05, 0) is 300 Å². The van der Waals surface area contributed by atoms with Crippen molar-refractivity contribution >= 4 is 47.3 Å². The molecule has 0 aromatic carbocycles. The number of hydrogen-bond acceptors (Lipinski definition) is 8. The number of carbonyl (C=O) groups excluding carboxylic acids is 8. The molecule has 0 spiro atoms. The van der Waals surface area contributed by atoms with Gasteiger partial charge in [-0.2, -0.15) is 0 Å². The Morgan fingerprint density at radius 2 is 0.357 bits per heavy atom. The molecule has 8 fully saturated rings. The van der Waals surface area contributed by atoms with Crippen molar-refractivity contribution in [2.75, 3.05) is 0 Å². The van der Waals surface area contributed by atoms with Gasteiger partial charge in [0.1, 0.15) is 0 Å². The van der Waals surface area contributed by atoms with E-state index in [1.54, 1.807) is 0 Å². The van der Waals surface area contributed by atoms with Crippen molar-refractivity contribution in [3.05, 3.63) is 0 Å². The number of hydrogen-bond donors (Lipinski definition) is 8. The van der Waals surface area contributed by atoms with Crippen LogP contribution in [0.25, 0.3) is 0 Å². The highest BCUT2D eigenvalue weighted by Crippen LogP contribution is 2.39. The van der Waals surface area contributed by atoms with Crippen LogP contribution in [0.1, 0.15) is 393 Å². The third-order valence-corrected chi connectivity index (χ3v) is 27.7. The minimum atomic E-state index is -0.920. The molecule has 0 heterocycles. The molecule has 0 bridgehead atoms. The summed E-state index contributed by atoms with van der Waals surface area (Å²) in [4.78, 5) is 114. The minimum Gasteiger partial charge on any atom is -0.353 e. The maximum absolute atomic E-state index is 14.7. The van der Waals surface area contributed by atoms with Gasteiger partial charge in [-0.1, -0.05) is 162 Å². The zero-order chi connectivity index (χ0) is 81.6. The summed E-state index contributed by atoms with van der Waals surface area (Å²) in [5.74, 6) is 4.87. The van der Waals surface area contributed by atoms with Gasteiger partial charge >= 0.3 is 0 Å². The molecule has 8 amide bonds. The van der Waals surface area contributed by atoms with Crippen molar-refractivity contribution in [3.8, 4) is 0 Å². The van der Waals surface area contributed by atoms with Crippen LogP contribution in [0.2, 0.25) is 0 Å². The van der Waals surface area contributed by atoms with Gasteiger partial charge in [-0.15, -0.1) is 0 Å². The molecule has 0 saturated heterocycles. The first kappa shape index (κ1) is 94.9. The molecular weight excluding hydrogens is 1390 g/mol. The molecule has 0 aromatic heterocycles. The van der Waals surface area contributed by atoms with E-state index in [4.69, 9.17) is 0 Å². The second-order valence-corrected chi connectivity index (χ2v) is 42.4. The van der Waals surface area contributed by atoms with Crippen LogP contribution < -0.4 is 42.5 Å². The summed E-state index contributed by atoms with van der Waals surface area (Å²) in [6.45, 7) is 36.3. The molecule has 16 nitrogen and oxygen atoms in total. The average Bonchev–Trinajstić information content (AvgIpc) is 0.825. The molecular formula is C96H172N8O8. The van der Waals surface area contributed by atoms with Gasteiger partial charge in [0.25, 0.3) is 0 Å². The molecule has 12 unspecified atom stereocenters. The largest absolute Gasteiger partial charge is 0.353 e. The highest BCUT2D eigenvalue weighted by atomic mass is 16.2. The van der Waals surface area contributed by atoms with Crippen molar-refractivity contribution in [2.45, 2.75) is 442 Å². The lowest BCUT2D eigenvalue weighted by atomic mass is 9.79. The van der Waals surface area contributed by atoms with E-state index < -0.39 is 23.7 Å². The van der Waals surface area contributed by atoms with Crippen LogP contribution in [-0.4, -0.2) is 95.6 Å². The fourth-order valence-corrected chi connectivity index (χ4v) is 22.9. The monoisotopic (exact) mass is 1570 g/mol. The Balaban J connectivity index is 0.000000311. The van der Waals surface area contributed by atoms with Crippen LogP contribution in [0.4, 0.5) is 0 Å². The first-order valence-corrected chi connectivity index (χ1v) is 47.6. The third kappa shape index (κ3) is 35.9. The number of nitrogens with one attached hydrogen (secondary N) is 8. The van der Waals surface area contributed by atoms with Gasteiger partial charge in [-0.25, -0.2) is 0 Å². The van der Waals surface area contributed by atoms with Crippen molar-refractivity contribution in [1.82, 2.24) is 42.5 Å². The molecule has 8 rings (SSSR count). The van der Waals surface area contributed by atoms with Gasteiger partial charge in [0.05, 0.1) is 23.7 Å². The highest BCUT2D eigenvalue weighted by molar-refractivity contribution is 5.95. The van der Waals surface area contributed by atoms with Crippen LogP contribution in [0.3, 0.4) is 0 Å². The average molecular weight is 1570 g/mol. The third-order valence-electron chi connectivity index (χ3n) is 27.7. The van der Waals surface area contributed by atoms with Gasteiger partial charge in [0.15, 0.2) is 0 Å². The highest BCUT2D eigenvalue weighted by Gasteiger charge is 2.44. The molecule has 644 valence electrons. The second kappa shape index (κ2) is 49.2. The Morgan fingerprint density at radius 1 is 0.196 bits per heavy atom. The van der Waals surface area contributed by atoms with Crippen LogP contribution in [0.5, 0.6) is 0 Å². The van der Waals surface area contributed by atoms with E-state index in [9.17, 15) is 38.4 Å². The molecule has 8 saturated carbocycles. The Kier molecular flexibility index (Phi) is 41.7. The zero-order valence-corrected chi connectivity index (χ0v) is 74.5. The predicted molar refractivity (Wildman–Crippen MR) is 459 cm³/mol. The van der Waals surface area contributed by atoms with E-state index in [1.807, 2.05) is 0 Å². The summed E-state index contributed by atoms with van der Waals surface area (Å²) >= 11 is 0. The van der Waals surface area contributed by atoms with Crippen LogP contribution in [-0.2, 0) is 38.4 Å². The number of rotatable bonds is 38. The summed E-state index contributed by atoms with van der Waals surface area (Å²) in [6, 6.07) is 0.452. The predicted octanol–water partition coefficient (Wildman–Crippen LogP) is 19.8. The van der Waals surface area contributed by atoms with Gasteiger partial charge in [0.2, 0.25) is 47.3 Å². The normalized spacial score (nSPS) is 29.9. The minimum absolute atomic E-state index is 0.0218. The van der Waals surface area contributed by atoms with E-state index in [-0.39, 0.29) is 121 Å². The van der Waals surface area contributed by atoms with E-state index in [0.29, 0.717) is 94.7 Å². The summed E-state index contributed by atoms with van der Waals surface area (Å²) < 4.78 is 0. The zero-order valence-electron chi connectivity index (χ0n) is 74.5. The summed E-state index contributed by atoms with van der Waals surface area (Å²) in [7, 11) is 0. The quantitative estimate of drug-likeness (QED) is 0.0295. The maximum Gasteiger partial charge on any atom is 0.224 e. The Hall–Kier alpha value is -4.24. The first-order chi connectivity index (χ1) is 53.3. The van der Waals surface area contributed by atoms with Crippen molar-refractivity contribution in [3.63, 3.8) is 0 Å². The van der Waals surface area contributed by atoms with Crippen LogP contribution in [0.15, 0.2) is 0 Å². The fourth-order valence-electron chi connectivity index (χ4n) is 22.9. The topological polar surface area (TPSA) is 233 Å². The number of carbonyl (C=O) groups is 8. The lowest BCUT2D eigenvalue weighted by Crippen LogP contribution is -2.51. The molecule has 0 aliphatic heterocycles. The number of amides is 8.